The highest BCUT2D eigenvalue weighted by Gasteiger charge is 2.15. The molecule has 0 saturated heterocycles. The van der Waals surface area contributed by atoms with E-state index in [0.29, 0.717) is 22.4 Å². The number of halogens is 1. The summed E-state index contributed by atoms with van der Waals surface area (Å²) >= 11 is 7.03. The second kappa shape index (κ2) is 6.71. The lowest BCUT2D eigenvalue weighted by molar-refractivity contribution is -0.113. The van der Waals surface area contributed by atoms with Gasteiger partial charge in [0.05, 0.1) is 17.7 Å². The Morgan fingerprint density at radius 3 is 3.00 bits per heavy atom. The molecule has 118 valence electrons. The number of nitrogens with two attached hydrogens (primary N) is 1. The van der Waals surface area contributed by atoms with Crippen LogP contribution in [0.25, 0.3) is 11.6 Å². The fourth-order valence-electron chi connectivity index (χ4n) is 1.74. The minimum absolute atomic E-state index is 0.0959. The molecule has 0 bridgehead atoms. The first-order valence-corrected chi connectivity index (χ1v) is 7.79. The van der Waals surface area contributed by atoms with Gasteiger partial charge < -0.3 is 15.6 Å². The van der Waals surface area contributed by atoms with Gasteiger partial charge in [-0.05, 0) is 24.3 Å². The van der Waals surface area contributed by atoms with Crippen molar-refractivity contribution in [2.45, 2.75) is 5.16 Å². The van der Waals surface area contributed by atoms with Crippen molar-refractivity contribution in [2.24, 2.45) is 0 Å². The van der Waals surface area contributed by atoms with Crippen molar-refractivity contribution in [1.29, 1.82) is 0 Å². The number of carbonyl (C=O) groups excluding carboxylic acids is 1. The van der Waals surface area contributed by atoms with Crippen LogP contribution in [0.1, 0.15) is 0 Å². The predicted molar refractivity (Wildman–Crippen MR) is 86.5 cm³/mol. The van der Waals surface area contributed by atoms with E-state index in [0.717, 1.165) is 11.8 Å². The molecular weight excluding hydrogens is 340 g/mol. The molecule has 23 heavy (non-hydrogen) atoms. The van der Waals surface area contributed by atoms with E-state index in [9.17, 15) is 4.79 Å². The van der Waals surface area contributed by atoms with Gasteiger partial charge in [-0.15, -0.1) is 10.2 Å². The lowest BCUT2D eigenvalue weighted by atomic mass is 10.4. The Kier molecular flexibility index (Phi) is 4.49. The summed E-state index contributed by atoms with van der Waals surface area (Å²) in [6.45, 7) is 0. The number of nitrogens with zero attached hydrogens (tertiary/aromatic N) is 4. The molecule has 8 nitrogen and oxygen atoms in total. The molecule has 1 amide bonds. The SMILES string of the molecule is Nn1c(SCC(=O)Nc2cccnc2Cl)nnc1-c1ccco1. The van der Waals surface area contributed by atoms with Gasteiger partial charge in [0.15, 0.2) is 10.9 Å². The number of furan rings is 1. The van der Waals surface area contributed by atoms with Crippen LogP contribution in [-0.2, 0) is 4.79 Å². The number of hydrogen-bond donors (Lipinski definition) is 2. The van der Waals surface area contributed by atoms with Crippen LogP contribution in [0.4, 0.5) is 5.69 Å². The Balaban J connectivity index is 1.63. The minimum atomic E-state index is -0.257. The predicted octanol–water partition coefficient (Wildman–Crippen LogP) is 2.03. The third-order valence-electron chi connectivity index (χ3n) is 2.77. The molecular formula is C13H11ClN6O2S. The van der Waals surface area contributed by atoms with Crippen LogP contribution < -0.4 is 11.2 Å². The van der Waals surface area contributed by atoms with Crippen molar-refractivity contribution in [1.82, 2.24) is 19.9 Å². The van der Waals surface area contributed by atoms with Gasteiger partial charge in [0.1, 0.15) is 0 Å². The van der Waals surface area contributed by atoms with Gasteiger partial charge >= 0.3 is 0 Å². The largest absolute Gasteiger partial charge is 0.461 e. The number of anilines is 1. The first-order chi connectivity index (χ1) is 11.1. The maximum atomic E-state index is 11.9. The highest BCUT2D eigenvalue weighted by atomic mass is 35.5. The Bertz CT molecular complexity index is 820. The summed E-state index contributed by atoms with van der Waals surface area (Å²) in [6.07, 6.45) is 3.06. The zero-order valence-electron chi connectivity index (χ0n) is 11.6. The second-order valence-corrected chi connectivity index (χ2v) is 5.63. The highest BCUT2D eigenvalue weighted by molar-refractivity contribution is 7.99. The lowest BCUT2D eigenvalue weighted by Gasteiger charge is -2.06. The molecule has 0 aromatic carbocycles. The summed E-state index contributed by atoms with van der Waals surface area (Å²) in [5, 5.41) is 11.2. The molecule has 3 heterocycles. The van der Waals surface area contributed by atoms with E-state index in [1.165, 1.54) is 10.9 Å². The zero-order valence-corrected chi connectivity index (χ0v) is 13.2. The number of amides is 1. The van der Waals surface area contributed by atoms with Crippen LogP contribution in [0, 0.1) is 0 Å². The number of carbonyl (C=O) groups is 1. The van der Waals surface area contributed by atoms with E-state index in [2.05, 4.69) is 20.5 Å². The summed E-state index contributed by atoms with van der Waals surface area (Å²) in [6, 6.07) is 6.79. The average Bonchev–Trinajstić information content (AvgIpc) is 3.17. The quantitative estimate of drug-likeness (QED) is 0.411. The van der Waals surface area contributed by atoms with Gasteiger partial charge in [0.2, 0.25) is 16.9 Å². The molecule has 0 aliphatic rings. The Hall–Kier alpha value is -2.52. The van der Waals surface area contributed by atoms with Gasteiger partial charge in [-0.2, -0.15) is 0 Å². The van der Waals surface area contributed by atoms with Crippen molar-refractivity contribution >= 4 is 35.0 Å². The maximum Gasteiger partial charge on any atom is 0.234 e. The van der Waals surface area contributed by atoms with Crippen LogP contribution in [0.15, 0.2) is 46.3 Å². The summed E-state index contributed by atoms with van der Waals surface area (Å²) < 4.78 is 6.49. The van der Waals surface area contributed by atoms with Crippen molar-refractivity contribution < 1.29 is 9.21 Å². The summed E-state index contributed by atoms with van der Waals surface area (Å²) in [5.41, 5.74) is 0.449. The van der Waals surface area contributed by atoms with Crippen LogP contribution in [0.3, 0.4) is 0 Å². The first kappa shape index (κ1) is 15.4. The highest BCUT2D eigenvalue weighted by Crippen LogP contribution is 2.22. The number of thioether (sulfide) groups is 1. The molecule has 0 radical (unpaired) electrons. The van der Waals surface area contributed by atoms with Crippen molar-refractivity contribution in [3.05, 3.63) is 41.9 Å². The molecule has 0 spiro atoms. The molecule has 0 aliphatic heterocycles. The van der Waals surface area contributed by atoms with Gasteiger partial charge in [0, 0.05) is 6.20 Å². The molecule has 10 heteroatoms. The number of rotatable bonds is 5. The van der Waals surface area contributed by atoms with Gasteiger partial charge in [-0.1, -0.05) is 23.4 Å². The fraction of sp³-hybridized carbons (Fsp3) is 0.0769. The Morgan fingerprint density at radius 1 is 1.39 bits per heavy atom. The molecule has 3 aromatic rings. The van der Waals surface area contributed by atoms with Crippen LogP contribution in [0.2, 0.25) is 5.15 Å². The summed E-state index contributed by atoms with van der Waals surface area (Å²) in [4.78, 5) is 15.8. The molecule has 0 atom stereocenters. The third-order valence-corrected chi connectivity index (χ3v) is 4.02. The number of pyridine rings is 1. The lowest BCUT2D eigenvalue weighted by Crippen LogP contribution is -2.16. The standard InChI is InChI=1S/C13H11ClN6O2S/c14-11-8(3-1-5-16-11)17-10(21)7-23-13-19-18-12(20(13)15)9-4-2-6-22-9/h1-6H,7,15H2,(H,17,21). The molecule has 0 aliphatic carbocycles. The maximum absolute atomic E-state index is 11.9. The van der Waals surface area contributed by atoms with E-state index < -0.39 is 0 Å². The number of hydrogen-bond acceptors (Lipinski definition) is 7. The fourth-order valence-corrected chi connectivity index (χ4v) is 2.57. The smallest absolute Gasteiger partial charge is 0.234 e. The molecule has 0 fully saturated rings. The number of aromatic nitrogens is 4. The second-order valence-electron chi connectivity index (χ2n) is 4.33. The monoisotopic (exact) mass is 350 g/mol. The Labute approximate surface area is 140 Å². The van der Waals surface area contributed by atoms with Crippen LogP contribution in [0.5, 0.6) is 0 Å². The van der Waals surface area contributed by atoms with E-state index >= 15 is 0 Å². The first-order valence-electron chi connectivity index (χ1n) is 6.42. The topological polar surface area (TPSA) is 112 Å². The van der Waals surface area contributed by atoms with E-state index in [1.807, 2.05) is 0 Å². The molecule has 3 aromatic heterocycles. The van der Waals surface area contributed by atoms with Crippen LogP contribution in [-0.4, -0.2) is 31.5 Å². The van der Waals surface area contributed by atoms with Crippen molar-refractivity contribution in [3.63, 3.8) is 0 Å². The van der Waals surface area contributed by atoms with E-state index in [1.54, 1.807) is 30.5 Å². The summed E-state index contributed by atoms with van der Waals surface area (Å²) in [7, 11) is 0. The van der Waals surface area contributed by atoms with Crippen LogP contribution >= 0.6 is 23.4 Å². The molecule has 3 rings (SSSR count). The Morgan fingerprint density at radius 2 is 2.26 bits per heavy atom. The molecule has 3 N–H and O–H groups in total. The normalized spacial score (nSPS) is 10.7. The van der Waals surface area contributed by atoms with Gasteiger partial charge in [0.25, 0.3) is 0 Å². The van der Waals surface area contributed by atoms with Crippen molar-refractivity contribution in [3.8, 4) is 11.6 Å². The third kappa shape index (κ3) is 3.46. The number of nitrogens with one attached hydrogen (secondary N) is 1. The van der Waals surface area contributed by atoms with E-state index in [-0.39, 0.29) is 16.8 Å². The summed E-state index contributed by atoms with van der Waals surface area (Å²) in [5.74, 6) is 6.63. The van der Waals surface area contributed by atoms with Gasteiger partial charge in [-0.25, -0.2) is 9.66 Å². The zero-order chi connectivity index (χ0) is 16.2. The van der Waals surface area contributed by atoms with Crippen molar-refractivity contribution in [2.75, 3.05) is 16.9 Å². The van der Waals surface area contributed by atoms with Gasteiger partial charge in [-0.3, -0.25) is 4.79 Å². The number of nitrogen functional groups attached to an aromatic ring is 1. The minimum Gasteiger partial charge on any atom is -0.461 e. The molecule has 0 unspecified atom stereocenters. The molecule has 0 saturated carbocycles. The van der Waals surface area contributed by atoms with E-state index in [4.69, 9.17) is 21.9 Å². The average molecular weight is 351 g/mol.